The van der Waals surface area contributed by atoms with Gasteiger partial charge in [0.15, 0.2) is 23.0 Å². The number of ether oxygens (including phenoxy) is 6. The first-order valence-electron chi connectivity index (χ1n) is 25.6. The number of β-amino-alcohol motifs (C(OH)–C–C–N with tert-alkyl or cyclic N) is 2. The molecule has 13 nitrogen and oxygen atoms in total. The highest BCUT2D eigenvalue weighted by atomic mass is 35.5. The molecule has 4 fully saturated rings. The van der Waals surface area contributed by atoms with Crippen LogP contribution in [0.2, 0.25) is 0 Å². The number of rotatable bonds is 24. The second-order valence-corrected chi connectivity index (χ2v) is 54.5. The van der Waals surface area contributed by atoms with Gasteiger partial charge in [0.25, 0.3) is 0 Å². The second-order valence-electron chi connectivity index (χ2n) is 17.9. The van der Waals surface area contributed by atoms with Crippen LogP contribution in [-0.4, -0.2) is 142 Å². The lowest BCUT2D eigenvalue weighted by atomic mass is 9.91. The Morgan fingerprint density at radius 2 is 1.08 bits per heavy atom. The molecule has 2 saturated carbocycles. The van der Waals surface area contributed by atoms with Gasteiger partial charge in [-0.1, -0.05) is 58.6 Å². The van der Waals surface area contributed by atoms with Crippen LogP contribution in [0.15, 0.2) is 36.4 Å². The maximum absolute atomic E-state index is 11.5. The number of nitrogens with zero attached hydrogens (tertiary/aromatic N) is 2. The van der Waals surface area contributed by atoms with Crippen LogP contribution in [-0.2, 0) is 27.1 Å². The van der Waals surface area contributed by atoms with Crippen LogP contribution < -0.4 is 30.0 Å². The smallest absolute Gasteiger partial charge is 0.220 e. The molecule has 2 aromatic rings. The molecule has 6 rings (SSSR count). The number of hydrogen-bond donors (Lipinski definition) is 4. The molecule has 0 radical (unpaired) electrons. The number of benzene rings is 2. The van der Waals surface area contributed by atoms with Crippen molar-refractivity contribution in [2.45, 2.75) is 147 Å². The van der Waals surface area contributed by atoms with E-state index in [1.807, 2.05) is 51.1 Å². The van der Waals surface area contributed by atoms with Crippen molar-refractivity contribution in [1.29, 1.82) is 0 Å². The normalized spacial score (nSPS) is 21.9. The minimum absolute atomic E-state index is 0. The van der Waals surface area contributed by atoms with E-state index in [0.29, 0.717) is 69.5 Å². The first-order chi connectivity index (χ1) is 34.3. The van der Waals surface area contributed by atoms with Gasteiger partial charge in [0.1, 0.15) is 13.2 Å². The van der Waals surface area contributed by atoms with Gasteiger partial charge >= 0.3 is 0 Å². The van der Waals surface area contributed by atoms with Crippen molar-refractivity contribution in [2.24, 2.45) is 5.73 Å². The Balaban J connectivity index is 0.000000590. The van der Waals surface area contributed by atoms with E-state index in [1.165, 1.54) is 37.7 Å². The van der Waals surface area contributed by atoms with Gasteiger partial charge in [-0.25, -0.2) is 0 Å². The van der Waals surface area contributed by atoms with Crippen molar-refractivity contribution < 1.29 is 43.4 Å². The average molecular weight is 1250 g/mol. The summed E-state index contributed by atoms with van der Waals surface area (Å²) >= 11 is 0. The SMILES string of the molecule is CC.CCCC(=O)NCCOc1ccc(CCOC2CCCCC2N2CC[C@@H](O)C2)cc1OC.COc1cc(CCOC2CCCCC2N2CC[C@@H](O)C2)ccc1OCCN.Cl.Cl.PP(P)P(P(P)P)P(P)P. The molecule has 2 aliphatic carbocycles. The average Bonchev–Trinajstić information content (AvgIpc) is 4.01. The molecule has 0 aromatic heterocycles. The van der Waals surface area contributed by atoms with Crippen molar-refractivity contribution in [1.82, 2.24) is 15.1 Å². The van der Waals surface area contributed by atoms with Crippen molar-refractivity contribution >= 4 is 112 Å². The molecule has 25 heteroatoms. The zero-order valence-corrected chi connectivity index (χ0v) is 56.3. The molecule has 73 heavy (non-hydrogen) atoms. The lowest BCUT2D eigenvalue weighted by Gasteiger charge is -2.37. The van der Waals surface area contributed by atoms with Crippen LogP contribution in [0.25, 0.3) is 0 Å². The van der Waals surface area contributed by atoms with E-state index in [4.69, 9.17) is 34.2 Å². The zero-order chi connectivity index (χ0) is 52.1. The van der Waals surface area contributed by atoms with Crippen LogP contribution in [0.3, 0.4) is 0 Å². The summed E-state index contributed by atoms with van der Waals surface area (Å²) in [6.45, 7) is 13.4. The summed E-state index contributed by atoms with van der Waals surface area (Å²) in [5.41, 5.74) is 7.82. The molecule has 2 saturated heterocycles. The van der Waals surface area contributed by atoms with E-state index in [-0.39, 0.29) is 83.1 Å². The summed E-state index contributed by atoms with van der Waals surface area (Å²) in [7, 11) is 21.0. The van der Waals surface area contributed by atoms with Gasteiger partial charge in [-0.15, -0.1) is 78.4 Å². The standard InChI is InChI=1S/C25H40N2O5.C21H34N2O4.C2H6.2ClH.H12P10/c1-3-6-25(29)26-13-16-32-23-10-9-19(17-24(23)30-2)12-15-31-22-8-5-4-7-21(22)27-14-11-20(28)18-27;1-25-21-14-16(6-7-20(21)27-13-10-22)9-12-26-19-5-3-2-4-18(19)23-11-8-17(24)15-23;1-2;;;1-7(2)10(8(3)4)9(5)6/h9-10,17,20-22,28H,3-8,11-16,18H2,1-2H3,(H,26,29);6-7,14,17-19,24H,2-5,8-13,15,22H2,1H3;1-2H3;2*1H;1-6H2/t20-,21?,22?;17-,18?,19?;;;;/m11..../s1. The maximum Gasteiger partial charge on any atom is 0.220 e. The van der Waals surface area contributed by atoms with Gasteiger partial charge in [0, 0.05) is 51.2 Å². The molecule has 2 aliphatic heterocycles. The summed E-state index contributed by atoms with van der Waals surface area (Å²) in [5, 5.41) is 22.6. The molecule has 2 heterocycles. The van der Waals surface area contributed by atoms with E-state index >= 15 is 0 Å². The second kappa shape index (κ2) is 42.5. The Morgan fingerprint density at radius 1 is 0.658 bits per heavy atom. The van der Waals surface area contributed by atoms with Crippen LogP contribution >= 0.6 is 106 Å². The van der Waals surface area contributed by atoms with Crippen molar-refractivity contribution in [3.63, 3.8) is 0 Å². The maximum atomic E-state index is 11.5. The number of nitrogens with two attached hydrogens (primary N) is 1. The number of carbonyl (C=O) groups is 1. The van der Waals surface area contributed by atoms with Crippen LogP contribution in [0.4, 0.5) is 0 Å². The van der Waals surface area contributed by atoms with E-state index in [2.05, 4.69) is 74.8 Å². The monoisotopic (exact) mass is 1250 g/mol. The molecule has 2 aromatic carbocycles. The van der Waals surface area contributed by atoms with Gasteiger partial charge in [-0.3, -0.25) is 14.6 Å². The summed E-state index contributed by atoms with van der Waals surface area (Å²) in [6, 6.07) is 12.9. The molecule has 424 valence electrons. The summed E-state index contributed by atoms with van der Waals surface area (Å²) < 4.78 is 35.0. The van der Waals surface area contributed by atoms with Crippen LogP contribution in [0, 0.1) is 0 Å². The number of aliphatic hydroxyl groups is 2. The first kappa shape index (κ1) is 72.7. The Hall–Kier alpha value is 1.71. The predicted molar refractivity (Wildman–Crippen MR) is 342 cm³/mol. The van der Waals surface area contributed by atoms with Crippen molar-refractivity contribution in [3.05, 3.63) is 47.5 Å². The van der Waals surface area contributed by atoms with E-state index in [9.17, 15) is 15.0 Å². The first-order valence-corrected chi connectivity index (χ1v) is 42.8. The molecule has 12 atom stereocenters. The number of likely N-dealkylation sites (tertiary alicyclic amines) is 2. The van der Waals surface area contributed by atoms with Gasteiger partial charge < -0.3 is 49.7 Å². The highest BCUT2D eigenvalue weighted by Gasteiger charge is 2.36. The van der Waals surface area contributed by atoms with Gasteiger partial charge in [0.05, 0.1) is 58.4 Å². The highest BCUT2D eigenvalue weighted by molar-refractivity contribution is 9.16. The largest absolute Gasteiger partial charge is 0.493 e. The third-order valence-electron chi connectivity index (χ3n) is 12.7. The number of amides is 1. The predicted octanol–water partition coefficient (Wildman–Crippen LogP) is 12.2. The van der Waals surface area contributed by atoms with Gasteiger partial charge in [0.2, 0.25) is 5.91 Å². The van der Waals surface area contributed by atoms with Crippen molar-refractivity contribution in [3.8, 4) is 23.0 Å². The summed E-state index contributed by atoms with van der Waals surface area (Å²) in [4.78, 5) is 16.4. The minimum Gasteiger partial charge on any atom is -0.493 e. The van der Waals surface area contributed by atoms with E-state index in [1.54, 1.807) is 14.2 Å². The Bertz CT molecular complexity index is 1750. The van der Waals surface area contributed by atoms with Gasteiger partial charge in [-0.05, 0) is 121 Å². The van der Waals surface area contributed by atoms with Crippen LogP contribution in [0.1, 0.15) is 109 Å². The number of carbonyl (C=O) groups excluding carboxylic acids is 1. The van der Waals surface area contributed by atoms with E-state index in [0.717, 1.165) is 94.6 Å². The Labute approximate surface area is 471 Å². The third kappa shape index (κ3) is 27.4. The van der Waals surface area contributed by atoms with Crippen molar-refractivity contribution in [2.75, 3.05) is 79.9 Å². The molecule has 10 unspecified atom stereocenters. The lowest BCUT2D eigenvalue weighted by Crippen LogP contribution is -2.46. The number of nitrogens with one attached hydrogen (secondary N) is 1. The van der Waals surface area contributed by atoms with E-state index < -0.39 is 0 Å². The number of aliphatic hydroxyl groups excluding tert-OH is 2. The molecular formula is C48H94Cl2N4O9P10. The fourth-order valence-electron chi connectivity index (χ4n) is 9.34. The number of methoxy groups -OCH3 is 2. The summed E-state index contributed by atoms with van der Waals surface area (Å²) in [6.07, 6.45) is 14.5. The molecular weight excluding hydrogens is 1160 g/mol. The molecule has 0 bridgehead atoms. The fourth-order valence-corrected chi connectivity index (χ4v) is 95.9. The lowest BCUT2D eigenvalue weighted by molar-refractivity contribution is -0.121. The third-order valence-corrected chi connectivity index (χ3v) is 62.3. The highest BCUT2D eigenvalue weighted by Crippen LogP contribution is 3.10. The van der Waals surface area contributed by atoms with Crippen LogP contribution in [0.5, 0.6) is 23.0 Å². The Morgan fingerprint density at radius 3 is 1.44 bits per heavy atom. The minimum atomic E-state index is -0.182. The topological polar surface area (TPSA) is 157 Å². The molecule has 4 aliphatic rings. The Kier molecular flexibility index (Phi) is 42.4. The molecule has 1 amide bonds. The quantitative estimate of drug-likeness (QED) is 0.0583. The molecule has 5 N–H and O–H groups in total. The fraction of sp³-hybridized carbons (Fsp3) is 0.729. The summed E-state index contributed by atoms with van der Waals surface area (Å²) in [5.74, 6) is 2.90. The van der Waals surface area contributed by atoms with Gasteiger partial charge in [-0.2, -0.15) is 0 Å². The molecule has 0 spiro atoms. The number of hydrogen-bond acceptors (Lipinski definition) is 12. The number of halogens is 2. The zero-order valence-electron chi connectivity index (χ0n) is 44.2.